The third kappa shape index (κ3) is 2.62. The first kappa shape index (κ1) is 12.8. The van der Waals surface area contributed by atoms with Crippen LogP contribution in [0.3, 0.4) is 0 Å². The molecule has 3 nitrogen and oxygen atoms in total. The number of hydrogen-bond donors (Lipinski definition) is 1. The van der Waals surface area contributed by atoms with Crippen molar-refractivity contribution in [1.29, 1.82) is 0 Å². The zero-order valence-electron chi connectivity index (χ0n) is 11.6. The van der Waals surface area contributed by atoms with Crippen LogP contribution in [0.15, 0.2) is 30.6 Å². The molecule has 0 aliphatic carbocycles. The Labute approximate surface area is 109 Å². The third-order valence-corrected chi connectivity index (χ3v) is 3.55. The molecule has 0 saturated carbocycles. The van der Waals surface area contributed by atoms with E-state index < -0.39 is 0 Å². The highest BCUT2D eigenvalue weighted by atomic mass is 15.3. The van der Waals surface area contributed by atoms with Gasteiger partial charge in [-0.05, 0) is 44.5 Å². The second-order valence-corrected chi connectivity index (χ2v) is 4.85. The largest absolute Gasteiger partial charge is 0.313 e. The van der Waals surface area contributed by atoms with Gasteiger partial charge in [0.2, 0.25) is 0 Å². The van der Waals surface area contributed by atoms with Crippen LogP contribution in [0, 0.1) is 13.8 Å². The maximum absolute atomic E-state index is 4.44. The first-order valence-electron chi connectivity index (χ1n) is 6.36. The fourth-order valence-corrected chi connectivity index (χ4v) is 2.12. The molecule has 2 rings (SSSR count). The van der Waals surface area contributed by atoms with E-state index in [1.165, 1.54) is 22.3 Å². The van der Waals surface area contributed by atoms with Crippen molar-refractivity contribution < 1.29 is 0 Å². The quantitative estimate of drug-likeness (QED) is 0.895. The van der Waals surface area contributed by atoms with Crippen LogP contribution in [0.5, 0.6) is 0 Å². The summed E-state index contributed by atoms with van der Waals surface area (Å²) in [5, 5.41) is 7.67. The zero-order valence-corrected chi connectivity index (χ0v) is 11.6. The molecular formula is C15H21N3. The van der Waals surface area contributed by atoms with Crippen molar-refractivity contribution in [2.75, 3.05) is 7.05 Å². The SMILES string of the molecule is CNC(C)c1cnn(Cc2c(C)cccc2C)c1. The predicted molar refractivity (Wildman–Crippen MR) is 74.7 cm³/mol. The van der Waals surface area contributed by atoms with Gasteiger partial charge in [0, 0.05) is 17.8 Å². The average Bonchev–Trinajstić information content (AvgIpc) is 2.81. The smallest absolute Gasteiger partial charge is 0.0664 e. The van der Waals surface area contributed by atoms with Crippen molar-refractivity contribution in [3.63, 3.8) is 0 Å². The predicted octanol–water partition coefficient (Wildman–Crippen LogP) is 2.83. The Hall–Kier alpha value is -1.61. The summed E-state index contributed by atoms with van der Waals surface area (Å²) in [6, 6.07) is 6.76. The topological polar surface area (TPSA) is 29.9 Å². The Bertz CT molecular complexity index is 508. The van der Waals surface area contributed by atoms with Crippen LogP contribution >= 0.6 is 0 Å². The monoisotopic (exact) mass is 243 g/mol. The van der Waals surface area contributed by atoms with Gasteiger partial charge in [0.1, 0.15) is 0 Å². The molecule has 3 heteroatoms. The van der Waals surface area contributed by atoms with Gasteiger partial charge in [-0.3, -0.25) is 4.68 Å². The minimum atomic E-state index is 0.344. The minimum Gasteiger partial charge on any atom is -0.313 e. The molecule has 1 unspecified atom stereocenters. The molecule has 0 aliphatic rings. The lowest BCUT2D eigenvalue weighted by Crippen LogP contribution is -2.11. The average molecular weight is 243 g/mol. The molecule has 1 N–H and O–H groups in total. The van der Waals surface area contributed by atoms with Crippen molar-refractivity contribution in [2.45, 2.75) is 33.4 Å². The first-order valence-corrected chi connectivity index (χ1v) is 6.36. The molecule has 0 bridgehead atoms. The first-order chi connectivity index (χ1) is 8.61. The van der Waals surface area contributed by atoms with E-state index in [2.05, 4.69) is 55.6 Å². The Morgan fingerprint density at radius 3 is 2.56 bits per heavy atom. The van der Waals surface area contributed by atoms with Gasteiger partial charge in [-0.2, -0.15) is 5.10 Å². The van der Waals surface area contributed by atoms with Gasteiger partial charge in [-0.25, -0.2) is 0 Å². The molecule has 2 aromatic rings. The summed E-state index contributed by atoms with van der Waals surface area (Å²) in [5.74, 6) is 0. The molecule has 1 heterocycles. The fourth-order valence-electron chi connectivity index (χ4n) is 2.12. The molecule has 0 fully saturated rings. The summed E-state index contributed by atoms with van der Waals surface area (Å²) < 4.78 is 2.01. The van der Waals surface area contributed by atoms with E-state index in [0.29, 0.717) is 6.04 Å². The summed E-state index contributed by atoms with van der Waals surface area (Å²) >= 11 is 0. The highest BCUT2D eigenvalue weighted by Crippen LogP contribution is 2.16. The van der Waals surface area contributed by atoms with Gasteiger partial charge in [0.05, 0.1) is 12.7 Å². The second kappa shape index (κ2) is 5.36. The number of aromatic nitrogens is 2. The van der Waals surface area contributed by atoms with E-state index >= 15 is 0 Å². The van der Waals surface area contributed by atoms with Crippen LogP contribution in [0.1, 0.15) is 35.2 Å². The minimum absolute atomic E-state index is 0.344. The zero-order chi connectivity index (χ0) is 13.1. The van der Waals surface area contributed by atoms with Crippen molar-refractivity contribution >= 4 is 0 Å². The summed E-state index contributed by atoms with van der Waals surface area (Å²) in [4.78, 5) is 0. The number of hydrogen-bond acceptors (Lipinski definition) is 2. The Balaban J connectivity index is 2.21. The highest BCUT2D eigenvalue weighted by Gasteiger charge is 2.07. The molecular weight excluding hydrogens is 222 g/mol. The van der Waals surface area contributed by atoms with Crippen molar-refractivity contribution in [2.24, 2.45) is 0 Å². The Kier molecular flexibility index (Phi) is 3.82. The maximum Gasteiger partial charge on any atom is 0.0664 e. The molecule has 1 atom stereocenters. The Morgan fingerprint density at radius 2 is 1.94 bits per heavy atom. The van der Waals surface area contributed by atoms with Crippen molar-refractivity contribution in [3.8, 4) is 0 Å². The summed E-state index contributed by atoms with van der Waals surface area (Å²) in [6.45, 7) is 7.29. The summed E-state index contributed by atoms with van der Waals surface area (Å²) in [5.41, 5.74) is 5.25. The van der Waals surface area contributed by atoms with Crippen LogP contribution in [0.25, 0.3) is 0 Å². The van der Waals surface area contributed by atoms with Crippen LogP contribution in [-0.4, -0.2) is 16.8 Å². The molecule has 0 spiro atoms. The van der Waals surface area contributed by atoms with Crippen molar-refractivity contribution in [3.05, 3.63) is 52.8 Å². The van der Waals surface area contributed by atoms with E-state index in [4.69, 9.17) is 0 Å². The molecule has 96 valence electrons. The lowest BCUT2D eigenvalue weighted by Gasteiger charge is -2.10. The molecule has 0 saturated heterocycles. The van der Waals surface area contributed by atoms with Crippen LogP contribution in [0.2, 0.25) is 0 Å². The van der Waals surface area contributed by atoms with E-state index in [-0.39, 0.29) is 0 Å². The molecule has 0 radical (unpaired) electrons. The Morgan fingerprint density at radius 1 is 1.28 bits per heavy atom. The van der Waals surface area contributed by atoms with E-state index in [9.17, 15) is 0 Å². The number of nitrogens with one attached hydrogen (secondary N) is 1. The standard InChI is InChI=1S/C15H21N3/c1-11-6-5-7-12(2)15(11)10-18-9-14(8-17-18)13(3)16-4/h5-9,13,16H,10H2,1-4H3. The van der Waals surface area contributed by atoms with Crippen LogP contribution < -0.4 is 5.32 Å². The van der Waals surface area contributed by atoms with Crippen molar-refractivity contribution in [1.82, 2.24) is 15.1 Å². The van der Waals surface area contributed by atoms with E-state index in [1.54, 1.807) is 0 Å². The lowest BCUT2D eigenvalue weighted by molar-refractivity contribution is 0.646. The second-order valence-electron chi connectivity index (χ2n) is 4.85. The van der Waals surface area contributed by atoms with Crippen LogP contribution in [-0.2, 0) is 6.54 Å². The van der Waals surface area contributed by atoms with Gasteiger partial charge in [0.15, 0.2) is 0 Å². The maximum atomic E-state index is 4.44. The molecule has 18 heavy (non-hydrogen) atoms. The molecule has 1 aromatic carbocycles. The molecule has 0 amide bonds. The number of benzene rings is 1. The van der Waals surface area contributed by atoms with Crippen LogP contribution in [0.4, 0.5) is 0 Å². The van der Waals surface area contributed by atoms with Gasteiger partial charge in [0.25, 0.3) is 0 Å². The summed E-state index contributed by atoms with van der Waals surface area (Å²) in [7, 11) is 1.97. The number of aryl methyl sites for hydroxylation is 2. The highest BCUT2D eigenvalue weighted by molar-refractivity contribution is 5.33. The number of rotatable bonds is 4. The van der Waals surface area contributed by atoms with Gasteiger partial charge in [-0.1, -0.05) is 18.2 Å². The van der Waals surface area contributed by atoms with E-state index in [0.717, 1.165) is 6.54 Å². The summed E-state index contributed by atoms with van der Waals surface area (Å²) in [6.07, 6.45) is 4.06. The third-order valence-electron chi connectivity index (χ3n) is 3.55. The molecule has 0 aliphatic heterocycles. The molecule has 1 aromatic heterocycles. The fraction of sp³-hybridized carbons (Fsp3) is 0.400. The van der Waals surface area contributed by atoms with Gasteiger partial charge >= 0.3 is 0 Å². The lowest BCUT2D eigenvalue weighted by atomic mass is 10.0. The van der Waals surface area contributed by atoms with Gasteiger partial charge in [-0.15, -0.1) is 0 Å². The normalized spacial score (nSPS) is 12.7. The van der Waals surface area contributed by atoms with E-state index in [1.807, 2.05) is 17.9 Å². The van der Waals surface area contributed by atoms with Gasteiger partial charge < -0.3 is 5.32 Å². The number of nitrogens with zero attached hydrogens (tertiary/aromatic N) is 2.